The number of hydrogen-bond acceptors (Lipinski definition) is 4. The normalized spacial score (nSPS) is 12.5. The van der Waals surface area contributed by atoms with Crippen molar-refractivity contribution < 1.29 is 14.3 Å². The maximum atomic E-state index is 12.6. The van der Waals surface area contributed by atoms with Gasteiger partial charge in [-0.25, -0.2) is 0 Å². The number of carbonyl (C=O) groups is 1. The van der Waals surface area contributed by atoms with Crippen molar-refractivity contribution in [2.24, 2.45) is 0 Å². The van der Waals surface area contributed by atoms with Gasteiger partial charge in [0.15, 0.2) is 11.5 Å². The zero-order valence-electron chi connectivity index (χ0n) is 16.7. The first-order chi connectivity index (χ1) is 15.2. The molecule has 1 aromatic heterocycles. The van der Waals surface area contributed by atoms with Crippen molar-refractivity contribution in [3.8, 4) is 22.8 Å². The van der Waals surface area contributed by atoms with E-state index in [2.05, 4.69) is 10.3 Å². The van der Waals surface area contributed by atoms with E-state index in [9.17, 15) is 9.59 Å². The fourth-order valence-corrected chi connectivity index (χ4v) is 3.65. The van der Waals surface area contributed by atoms with E-state index < -0.39 is 11.5 Å². The summed E-state index contributed by atoms with van der Waals surface area (Å²) < 4.78 is 11.1. The van der Waals surface area contributed by atoms with Crippen molar-refractivity contribution in [2.75, 3.05) is 13.2 Å². The summed E-state index contributed by atoms with van der Waals surface area (Å²) in [5.74, 6) is 0.929. The zero-order valence-corrected chi connectivity index (χ0v) is 16.7. The molecule has 2 heterocycles. The van der Waals surface area contributed by atoms with Gasteiger partial charge in [-0.05, 0) is 52.2 Å². The molecule has 31 heavy (non-hydrogen) atoms. The monoisotopic (exact) mass is 412 g/mol. The Kier molecular flexibility index (Phi) is 4.88. The number of carbonyl (C=O) groups excluding carboxylic acids is 1. The lowest BCUT2D eigenvalue weighted by Gasteiger charge is -2.19. The van der Waals surface area contributed by atoms with E-state index >= 15 is 0 Å². The molecule has 6 heteroatoms. The van der Waals surface area contributed by atoms with Crippen LogP contribution in [0.25, 0.3) is 22.0 Å². The van der Waals surface area contributed by atoms with Gasteiger partial charge in [-0.2, -0.15) is 0 Å². The topological polar surface area (TPSA) is 80.4 Å². The van der Waals surface area contributed by atoms with Gasteiger partial charge in [0.2, 0.25) is 0 Å². The zero-order chi connectivity index (χ0) is 21.2. The number of hydrogen-bond donors (Lipinski definition) is 2. The van der Waals surface area contributed by atoms with Gasteiger partial charge in [0.1, 0.15) is 18.8 Å². The number of pyridine rings is 1. The molecular weight excluding hydrogens is 392 g/mol. The number of aromatic nitrogens is 1. The highest BCUT2D eigenvalue weighted by Crippen LogP contribution is 2.30. The standard InChI is InChI=1S/C25H20N2O4/c28-24(26-15-16-5-10-22-23(13-16)31-12-11-30-22)20-8-9-21(27-25(20)29)19-7-6-17-3-1-2-4-18(17)14-19/h1-10,13-14H,11-12,15H2,(H,26,28)(H,27,29). The van der Waals surface area contributed by atoms with E-state index in [1.807, 2.05) is 60.7 Å². The highest BCUT2D eigenvalue weighted by molar-refractivity contribution is 5.94. The van der Waals surface area contributed by atoms with Crippen molar-refractivity contribution in [1.82, 2.24) is 10.3 Å². The molecule has 0 unspecified atom stereocenters. The van der Waals surface area contributed by atoms with E-state index in [-0.39, 0.29) is 12.1 Å². The molecule has 0 atom stereocenters. The van der Waals surface area contributed by atoms with Crippen LogP contribution in [0.1, 0.15) is 15.9 Å². The predicted molar refractivity (Wildman–Crippen MR) is 119 cm³/mol. The van der Waals surface area contributed by atoms with Gasteiger partial charge >= 0.3 is 0 Å². The van der Waals surface area contributed by atoms with Crippen LogP contribution in [0.3, 0.4) is 0 Å². The number of rotatable bonds is 4. The van der Waals surface area contributed by atoms with E-state index in [0.29, 0.717) is 30.4 Å². The maximum Gasteiger partial charge on any atom is 0.261 e. The number of benzene rings is 3. The molecule has 1 amide bonds. The maximum absolute atomic E-state index is 12.6. The van der Waals surface area contributed by atoms with Crippen molar-refractivity contribution in [2.45, 2.75) is 6.54 Å². The number of nitrogens with one attached hydrogen (secondary N) is 2. The Hall–Kier alpha value is -4.06. The van der Waals surface area contributed by atoms with Crippen LogP contribution in [-0.4, -0.2) is 24.1 Å². The van der Waals surface area contributed by atoms with E-state index in [1.165, 1.54) is 0 Å². The van der Waals surface area contributed by atoms with Crippen LogP contribution in [0.5, 0.6) is 11.5 Å². The fourth-order valence-electron chi connectivity index (χ4n) is 3.65. The van der Waals surface area contributed by atoms with Gasteiger partial charge in [-0.3, -0.25) is 9.59 Å². The molecule has 0 spiro atoms. The molecule has 1 aliphatic heterocycles. The van der Waals surface area contributed by atoms with Gasteiger partial charge in [-0.1, -0.05) is 42.5 Å². The number of H-pyrrole nitrogens is 1. The highest BCUT2D eigenvalue weighted by atomic mass is 16.6. The van der Waals surface area contributed by atoms with Gasteiger partial charge in [0.05, 0.1) is 0 Å². The number of aromatic amines is 1. The first kappa shape index (κ1) is 18.9. The van der Waals surface area contributed by atoms with Crippen LogP contribution in [0.4, 0.5) is 0 Å². The highest BCUT2D eigenvalue weighted by Gasteiger charge is 2.14. The lowest BCUT2D eigenvalue weighted by Crippen LogP contribution is -2.29. The number of fused-ring (bicyclic) bond motifs is 2. The summed E-state index contributed by atoms with van der Waals surface area (Å²) in [7, 11) is 0. The summed E-state index contributed by atoms with van der Waals surface area (Å²) in [6.45, 7) is 1.31. The lowest BCUT2D eigenvalue weighted by atomic mass is 10.0. The first-order valence-corrected chi connectivity index (χ1v) is 10.1. The molecule has 0 aliphatic carbocycles. The van der Waals surface area contributed by atoms with Gasteiger partial charge in [0, 0.05) is 12.2 Å². The minimum Gasteiger partial charge on any atom is -0.486 e. The molecule has 0 radical (unpaired) electrons. The van der Waals surface area contributed by atoms with Gasteiger partial charge in [-0.15, -0.1) is 0 Å². The van der Waals surface area contributed by atoms with Crippen molar-refractivity contribution >= 4 is 16.7 Å². The number of ether oxygens (including phenoxy) is 2. The third kappa shape index (κ3) is 3.88. The minimum atomic E-state index is -0.429. The van der Waals surface area contributed by atoms with Gasteiger partial charge in [0.25, 0.3) is 11.5 Å². The molecule has 5 rings (SSSR count). The third-order valence-electron chi connectivity index (χ3n) is 5.27. The van der Waals surface area contributed by atoms with E-state index in [0.717, 1.165) is 21.9 Å². The quantitative estimate of drug-likeness (QED) is 0.533. The number of amides is 1. The molecule has 0 fully saturated rings. The second-order valence-electron chi connectivity index (χ2n) is 7.34. The molecular formula is C25H20N2O4. The Labute approximate surface area is 178 Å². The van der Waals surface area contributed by atoms with E-state index in [4.69, 9.17) is 9.47 Å². The summed E-state index contributed by atoms with van der Waals surface area (Å²) in [5.41, 5.74) is 2.06. The largest absolute Gasteiger partial charge is 0.486 e. The van der Waals surface area contributed by atoms with E-state index in [1.54, 1.807) is 12.1 Å². The Morgan fingerprint density at radius 3 is 2.52 bits per heavy atom. The molecule has 3 aromatic carbocycles. The SMILES string of the molecule is O=C(NCc1ccc2c(c1)OCCO2)c1ccc(-c2ccc3ccccc3c2)[nH]c1=O. The van der Waals surface area contributed by atoms with Crippen molar-refractivity contribution in [3.63, 3.8) is 0 Å². The average molecular weight is 412 g/mol. The fraction of sp³-hybridized carbons (Fsp3) is 0.120. The lowest BCUT2D eigenvalue weighted by molar-refractivity contribution is 0.0949. The molecule has 1 aliphatic rings. The molecule has 4 aromatic rings. The predicted octanol–water partition coefficient (Wildman–Crippen LogP) is 3.90. The third-order valence-corrected chi connectivity index (χ3v) is 5.27. The first-order valence-electron chi connectivity index (χ1n) is 10.1. The van der Waals surface area contributed by atoms with Crippen LogP contribution in [-0.2, 0) is 6.54 Å². The molecule has 0 saturated heterocycles. The Morgan fingerprint density at radius 1 is 0.871 bits per heavy atom. The summed E-state index contributed by atoms with van der Waals surface area (Å²) >= 11 is 0. The molecule has 0 saturated carbocycles. The smallest absolute Gasteiger partial charge is 0.261 e. The Bertz CT molecular complexity index is 1340. The van der Waals surface area contributed by atoms with Crippen LogP contribution >= 0.6 is 0 Å². The molecule has 0 bridgehead atoms. The summed E-state index contributed by atoms with van der Waals surface area (Å²) in [6, 6.07) is 22.8. The van der Waals surface area contributed by atoms with Crippen LogP contribution in [0.15, 0.2) is 77.6 Å². The minimum absolute atomic E-state index is 0.0714. The summed E-state index contributed by atoms with van der Waals surface area (Å²) in [6.07, 6.45) is 0. The summed E-state index contributed by atoms with van der Waals surface area (Å²) in [5, 5.41) is 5.00. The Morgan fingerprint density at radius 2 is 1.68 bits per heavy atom. The summed E-state index contributed by atoms with van der Waals surface area (Å²) in [4.78, 5) is 28.0. The second kappa shape index (κ2) is 7.99. The van der Waals surface area contributed by atoms with Crippen molar-refractivity contribution in [3.05, 3.63) is 94.3 Å². The average Bonchev–Trinajstić information content (AvgIpc) is 2.82. The molecule has 6 nitrogen and oxygen atoms in total. The van der Waals surface area contributed by atoms with Crippen molar-refractivity contribution in [1.29, 1.82) is 0 Å². The Balaban J connectivity index is 1.32. The van der Waals surface area contributed by atoms with Crippen LogP contribution in [0.2, 0.25) is 0 Å². The molecule has 2 N–H and O–H groups in total. The second-order valence-corrected chi connectivity index (χ2v) is 7.34. The van der Waals surface area contributed by atoms with Crippen LogP contribution < -0.4 is 20.3 Å². The van der Waals surface area contributed by atoms with Crippen LogP contribution in [0, 0.1) is 0 Å². The molecule has 154 valence electrons. The van der Waals surface area contributed by atoms with Gasteiger partial charge < -0.3 is 19.8 Å².